The summed E-state index contributed by atoms with van der Waals surface area (Å²) in [6, 6.07) is 6.33. The highest BCUT2D eigenvalue weighted by molar-refractivity contribution is 5.90. The van der Waals surface area contributed by atoms with E-state index in [1.54, 1.807) is 6.92 Å². The Labute approximate surface area is 224 Å². The molecule has 0 aliphatic carbocycles. The van der Waals surface area contributed by atoms with E-state index in [0.29, 0.717) is 25.9 Å². The highest BCUT2D eigenvalue weighted by Crippen LogP contribution is 2.22. The van der Waals surface area contributed by atoms with E-state index in [1.165, 1.54) is 5.01 Å². The van der Waals surface area contributed by atoms with Crippen molar-refractivity contribution in [3.8, 4) is 0 Å². The average molecular weight is 521 g/mol. The molecule has 4 rings (SSSR count). The Morgan fingerprint density at radius 1 is 0.974 bits per heavy atom. The van der Waals surface area contributed by atoms with Crippen LogP contribution in [0.5, 0.6) is 0 Å². The summed E-state index contributed by atoms with van der Waals surface area (Å²) in [5.41, 5.74) is 4.97. The number of carbonyl (C=O) groups excluding carboxylic acids is 3. The molecule has 0 radical (unpaired) electrons. The Bertz CT molecular complexity index is 1200. The standard InChI is InChI=1S/C29H40N6O3/c1-18(2)26-28(37)33-20(4)29(38)35-14-8-10-25(34-35)27(36)32-19(3)21-11-12-22-17-31-24(16-23(22)15-21)9-6-5-7-13-30-26/h6,9,11-12,15-20,25-26,30,34H,5,7-8,10,13-14H2,1-4H3,(H,32,36)(H,33,37)/t19-,20+,25+,26+/m1/s1. The van der Waals surface area contributed by atoms with Gasteiger partial charge in [0, 0.05) is 18.1 Å². The topological polar surface area (TPSA) is 115 Å². The molecule has 2 aliphatic rings. The lowest BCUT2D eigenvalue weighted by Gasteiger charge is -2.35. The SMILES string of the molecule is CC(C)[C@@H]1NCCCC=Cc2cc3cc(ccc3cn2)[C@@H](C)NC(=O)[C@@H]2CCCN(N2)C(=O)[C@H](C)NC1=O. The van der Waals surface area contributed by atoms with Gasteiger partial charge < -0.3 is 16.0 Å². The molecule has 1 saturated heterocycles. The molecule has 0 unspecified atom stereocenters. The first kappa shape index (κ1) is 27.7. The van der Waals surface area contributed by atoms with Gasteiger partial charge in [0.2, 0.25) is 11.8 Å². The molecule has 9 heteroatoms. The maximum atomic E-state index is 13.2. The van der Waals surface area contributed by atoms with Gasteiger partial charge >= 0.3 is 0 Å². The van der Waals surface area contributed by atoms with Crippen LogP contribution < -0.4 is 21.4 Å². The molecule has 204 valence electrons. The van der Waals surface area contributed by atoms with Gasteiger partial charge in [-0.25, -0.2) is 5.43 Å². The fourth-order valence-corrected chi connectivity index (χ4v) is 4.98. The third kappa shape index (κ3) is 6.76. The van der Waals surface area contributed by atoms with E-state index in [2.05, 4.69) is 44.6 Å². The molecule has 5 bridgehead atoms. The number of benzene rings is 1. The largest absolute Gasteiger partial charge is 0.348 e. The maximum absolute atomic E-state index is 13.2. The van der Waals surface area contributed by atoms with Crippen molar-refractivity contribution >= 4 is 34.6 Å². The number of pyridine rings is 1. The molecular weight excluding hydrogens is 480 g/mol. The summed E-state index contributed by atoms with van der Waals surface area (Å²) in [4.78, 5) is 43.9. The Morgan fingerprint density at radius 2 is 1.76 bits per heavy atom. The number of aromatic nitrogens is 1. The van der Waals surface area contributed by atoms with E-state index in [9.17, 15) is 14.4 Å². The second kappa shape index (κ2) is 12.5. The fraction of sp³-hybridized carbons (Fsp3) is 0.517. The number of hydrogen-bond acceptors (Lipinski definition) is 6. The van der Waals surface area contributed by atoms with Gasteiger partial charge in [-0.3, -0.25) is 24.4 Å². The van der Waals surface area contributed by atoms with Gasteiger partial charge in [-0.15, -0.1) is 0 Å². The summed E-state index contributed by atoms with van der Waals surface area (Å²) in [6.45, 7) is 8.79. The average Bonchev–Trinajstić information content (AvgIpc) is 2.90. The van der Waals surface area contributed by atoms with E-state index in [0.717, 1.165) is 34.9 Å². The summed E-state index contributed by atoms with van der Waals surface area (Å²) in [5, 5.41) is 12.9. The second-order valence-electron chi connectivity index (χ2n) is 10.7. The van der Waals surface area contributed by atoms with E-state index < -0.39 is 18.1 Å². The number of nitrogens with one attached hydrogen (secondary N) is 4. The smallest absolute Gasteiger partial charge is 0.258 e. The zero-order valence-corrected chi connectivity index (χ0v) is 22.8. The first-order valence-corrected chi connectivity index (χ1v) is 13.7. The van der Waals surface area contributed by atoms with Crippen LogP contribution in [-0.4, -0.2) is 58.9 Å². The summed E-state index contributed by atoms with van der Waals surface area (Å²) < 4.78 is 0. The fourth-order valence-electron chi connectivity index (χ4n) is 4.98. The molecule has 3 heterocycles. The highest BCUT2D eigenvalue weighted by atomic mass is 16.2. The lowest BCUT2D eigenvalue weighted by atomic mass is 10.0. The van der Waals surface area contributed by atoms with E-state index in [1.807, 2.05) is 45.2 Å². The number of allylic oxidation sites excluding steroid dienone is 1. The Morgan fingerprint density at radius 3 is 2.55 bits per heavy atom. The van der Waals surface area contributed by atoms with E-state index in [4.69, 9.17) is 0 Å². The van der Waals surface area contributed by atoms with E-state index in [-0.39, 0.29) is 29.7 Å². The molecule has 2 aromatic rings. The van der Waals surface area contributed by atoms with Crippen LogP contribution in [0.25, 0.3) is 16.8 Å². The predicted molar refractivity (Wildman–Crippen MR) is 149 cm³/mol. The molecule has 1 fully saturated rings. The third-order valence-corrected chi connectivity index (χ3v) is 7.27. The zero-order valence-electron chi connectivity index (χ0n) is 22.8. The van der Waals surface area contributed by atoms with Gasteiger partial charge in [0.15, 0.2) is 0 Å². The predicted octanol–water partition coefficient (Wildman–Crippen LogP) is 2.83. The van der Waals surface area contributed by atoms with Crippen LogP contribution in [-0.2, 0) is 14.4 Å². The minimum atomic E-state index is -0.715. The molecule has 0 spiro atoms. The van der Waals surface area contributed by atoms with Gasteiger partial charge in [-0.05, 0) is 81.2 Å². The van der Waals surface area contributed by atoms with Crippen LogP contribution in [0.4, 0.5) is 0 Å². The minimum absolute atomic E-state index is 0.0632. The second-order valence-corrected chi connectivity index (χ2v) is 10.7. The van der Waals surface area contributed by atoms with Gasteiger partial charge in [0.1, 0.15) is 12.1 Å². The van der Waals surface area contributed by atoms with Crippen molar-refractivity contribution in [2.24, 2.45) is 5.92 Å². The molecular formula is C29H40N6O3. The molecule has 3 amide bonds. The first-order chi connectivity index (χ1) is 18.2. The monoisotopic (exact) mass is 520 g/mol. The number of hydrogen-bond donors (Lipinski definition) is 4. The molecule has 0 saturated carbocycles. The summed E-state index contributed by atoms with van der Waals surface area (Å²) in [7, 11) is 0. The van der Waals surface area contributed by atoms with Gasteiger partial charge in [0.25, 0.3) is 5.91 Å². The van der Waals surface area contributed by atoms with Crippen molar-refractivity contribution < 1.29 is 14.4 Å². The van der Waals surface area contributed by atoms with Crippen molar-refractivity contribution in [3.63, 3.8) is 0 Å². The van der Waals surface area contributed by atoms with Crippen molar-refractivity contribution in [2.75, 3.05) is 13.1 Å². The first-order valence-electron chi connectivity index (χ1n) is 13.7. The summed E-state index contributed by atoms with van der Waals surface area (Å²) >= 11 is 0. The van der Waals surface area contributed by atoms with Gasteiger partial charge in [-0.1, -0.05) is 32.1 Å². The number of amides is 3. The van der Waals surface area contributed by atoms with Crippen LogP contribution in [0.1, 0.15) is 70.7 Å². The van der Waals surface area contributed by atoms with Crippen molar-refractivity contribution in [3.05, 3.63) is 47.8 Å². The number of carbonyl (C=O) groups is 3. The summed E-state index contributed by atoms with van der Waals surface area (Å²) in [5.74, 6) is -0.542. The van der Waals surface area contributed by atoms with Crippen LogP contribution in [0.2, 0.25) is 0 Å². The molecule has 1 aromatic heterocycles. The highest BCUT2D eigenvalue weighted by Gasteiger charge is 2.32. The van der Waals surface area contributed by atoms with Crippen molar-refractivity contribution in [1.82, 2.24) is 31.4 Å². The summed E-state index contributed by atoms with van der Waals surface area (Å²) in [6.07, 6.45) is 9.02. The lowest BCUT2D eigenvalue weighted by Crippen LogP contribution is -2.61. The van der Waals surface area contributed by atoms with Gasteiger partial charge in [0.05, 0.1) is 17.8 Å². The van der Waals surface area contributed by atoms with Crippen LogP contribution >= 0.6 is 0 Å². The Kier molecular flexibility index (Phi) is 9.12. The molecule has 4 atom stereocenters. The quantitative estimate of drug-likeness (QED) is 0.460. The molecule has 1 aromatic carbocycles. The van der Waals surface area contributed by atoms with E-state index >= 15 is 0 Å². The van der Waals surface area contributed by atoms with Crippen LogP contribution in [0, 0.1) is 5.92 Å². The third-order valence-electron chi connectivity index (χ3n) is 7.27. The zero-order chi connectivity index (χ0) is 27.2. The van der Waals surface area contributed by atoms with Crippen LogP contribution in [0.3, 0.4) is 0 Å². The lowest BCUT2D eigenvalue weighted by molar-refractivity contribution is -0.143. The molecule has 4 N–H and O–H groups in total. The molecule has 38 heavy (non-hydrogen) atoms. The number of rotatable bonds is 1. The maximum Gasteiger partial charge on any atom is 0.258 e. The molecule has 2 aliphatic heterocycles. The van der Waals surface area contributed by atoms with Crippen molar-refractivity contribution in [2.45, 2.75) is 77.5 Å². The van der Waals surface area contributed by atoms with Crippen LogP contribution in [0.15, 0.2) is 36.5 Å². The number of fused-ring (bicyclic) bond motifs is 4. The van der Waals surface area contributed by atoms with Crippen molar-refractivity contribution in [1.29, 1.82) is 0 Å². The Hall–Kier alpha value is -3.30. The number of nitrogens with zero attached hydrogens (tertiary/aromatic N) is 2. The normalized spacial score (nSPS) is 26.2. The molecule has 9 nitrogen and oxygen atoms in total. The Balaban J connectivity index is 1.58. The minimum Gasteiger partial charge on any atom is -0.348 e. The number of hydrazine groups is 1. The van der Waals surface area contributed by atoms with Gasteiger partial charge in [-0.2, -0.15) is 0 Å².